The van der Waals surface area contributed by atoms with Crippen molar-refractivity contribution in [2.24, 2.45) is 0 Å². The number of benzene rings is 1. The van der Waals surface area contributed by atoms with Crippen LogP contribution in [-0.2, 0) is 18.4 Å². The summed E-state index contributed by atoms with van der Waals surface area (Å²) in [5.41, 5.74) is 3.09. The van der Waals surface area contributed by atoms with Crippen molar-refractivity contribution in [2.45, 2.75) is 46.1 Å². The van der Waals surface area contributed by atoms with Crippen LogP contribution in [0.5, 0.6) is 0 Å². The summed E-state index contributed by atoms with van der Waals surface area (Å²) in [7, 11) is 0. The molecule has 0 aliphatic carbocycles. The monoisotopic (exact) mass is 270 g/mol. The summed E-state index contributed by atoms with van der Waals surface area (Å²) in [6.07, 6.45) is 4.11. The van der Waals surface area contributed by atoms with Crippen LogP contribution in [-0.4, -0.2) is 15.6 Å². The second-order valence-electron chi connectivity index (χ2n) is 6.13. The molecule has 1 aromatic carbocycles. The van der Waals surface area contributed by atoms with E-state index in [9.17, 15) is 4.79 Å². The molecule has 20 heavy (non-hydrogen) atoms. The normalized spacial score (nSPS) is 11.6. The maximum absolute atomic E-state index is 12.2. The Labute approximate surface area is 120 Å². The molecule has 106 valence electrons. The number of aromatic nitrogens is 2. The largest absolute Gasteiger partial charge is 0.294 e. The van der Waals surface area contributed by atoms with Crippen LogP contribution in [0.2, 0.25) is 0 Å². The topological polar surface area (TPSA) is 34.9 Å². The molecule has 0 aliphatic heterocycles. The molecule has 1 heterocycles. The van der Waals surface area contributed by atoms with E-state index in [1.54, 1.807) is 6.20 Å². The molecule has 0 saturated carbocycles. The molecule has 3 heteroatoms. The minimum atomic E-state index is 0.115. The highest BCUT2D eigenvalue weighted by atomic mass is 16.1. The molecule has 2 aromatic rings. The number of ketones is 1. The van der Waals surface area contributed by atoms with Gasteiger partial charge in [0.15, 0.2) is 5.78 Å². The first kappa shape index (κ1) is 14.5. The minimum absolute atomic E-state index is 0.115. The molecular weight excluding hydrogens is 248 g/mol. The Morgan fingerprint density at radius 3 is 2.35 bits per heavy atom. The van der Waals surface area contributed by atoms with Crippen molar-refractivity contribution >= 4 is 5.78 Å². The summed E-state index contributed by atoms with van der Waals surface area (Å²) in [6.45, 7) is 9.37. The molecule has 0 amide bonds. The van der Waals surface area contributed by atoms with Crippen LogP contribution in [0.25, 0.3) is 0 Å². The van der Waals surface area contributed by atoms with Crippen molar-refractivity contribution in [3.63, 3.8) is 0 Å². The number of hydrogen-bond donors (Lipinski definition) is 0. The van der Waals surface area contributed by atoms with Gasteiger partial charge in [0.2, 0.25) is 0 Å². The van der Waals surface area contributed by atoms with Crippen molar-refractivity contribution in [3.8, 4) is 0 Å². The molecule has 0 aliphatic rings. The molecule has 0 fully saturated rings. The smallest absolute Gasteiger partial charge is 0.167 e. The Kier molecular flexibility index (Phi) is 4.07. The van der Waals surface area contributed by atoms with Crippen molar-refractivity contribution in [1.29, 1.82) is 0 Å². The van der Waals surface area contributed by atoms with Gasteiger partial charge in [-0.15, -0.1) is 0 Å². The van der Waals surface area contributed by atoms with Gasteiger partial charge < -0.3 is 0 Å². The number of Topliss-reactive ketones (excluding diaryl/α,β-unsaturated/α-hetero) is 1. The SMILES string of the molecule is CCn1cc(CC(=O)c2ccc(C(C)(C)C)cc2)cn1. The molecule has 2 rings (SSSR count). The van der Waals surface area contributed by atoms with Crippen LogP contribution in [0.4, 0.5) is 0 Å². The van der Waals surface area contributed by atoms with Crippen LogP contribution in [0.15, 0.2) is 36.7 Å². The van der Waals surface area contributed by atoms with Gasteiger partial charge in [0.25, 0.3) is 0 Å². The average molecular weight is 270 g/mol. The summed E-state index contributed by atoms with van der Waals surface area (Å²) >= 11 is 0. The lowest BCUT2D eigenvalue weighted by Gasteiger charge is -2.18. The van der Waals surface area contributed by atoms with E-state index in [2.05, 4.69) is 25.9 Å². The van der Waals surface area contributed by atoms with Crippen LogP contribution in [0, 0.1) is 0 Å². The predicted molar refractivity (Wildman–Crippen MR) is 81.1 cm³/mol. The zero-order valence-corrected chi connectivity index (χ0v) is 12.7. The van der Waals surface area contributed by atoms with E-state index in [1.165, 1.54) is 5.56 Å². The van der Waals surface area contributed by atoms with Gasteiger partial charge in [0, 0.05) is 24.7 Å². The zero-order chi connectivity index (χ0) is 14.8. The third kappa shape index (κ3) is 3.35. The van der Waals surface area contributed by atoms with Gasteiger partial charge in [-0.05, 0) is 23.5 Å². The summed E-state index contributed by atoms with van der Waals surface area (Å²) in [4.78, 5) is 12.2. The first-order chi connectivity index (χ1) is 9.40. The molecule has 0 spiro atoms. The Hall–Kier alpha value is -1.90. The lowest BCUT2D eigenvalue weighted by atomic mass is 9.86. The number of nitrogens with zero attached hydrogens (tertiary/aromatic N) is 2. The van der Waals surface area contributed by atoms with Crippen molar-refractivity contribution in [1.82, 2.24) is 9.78 Å². The zero-order valence-electron chi connectivity index (χ0n) is 12.7. The van der Waals surface area contributed by atoms with E-state index in [0.29, 0.717) is 6.42 Å². The highest BCUT2D eigenvalue weighted by Gasteiger charge is 2.14. The van der Waals surface area contributed by atoms with E-state index >= 15 is 0 Å². The fraction of sp³-hybridized carbons (Fsp3) is 0.412. The Balaban J connectivity index is 2.09. The van der Waals surface area contributed by atoms with Gasteiger partial charge >= 0.3 is 0 Å². The number of carbonyl (C=O) groups excluding carboxylic acids is 1. The highest BCUT2D eigenvalue weighted by Crippen LogP contribution is 2.22. The Morgan fingerprint density at radius 2 is 1.85 bits per heavy atom. The van der Waals surface area contributed by atoms with E-state index < -0.39 is 0 Å². The van der Waals surface area contributed by atoms with Crippen LogP contribution >= 0.6 is 0 Å². The van der Waals surface area contributed by atoms with E-state index in [0.717, 1.165) is 17.7 Å². The van der Waals surface area contributed by atoms with Crippen molar-refractivity contribution < 1.29 is 4.79 Å². The number of carbonyl (C=O) groups is 1. The first-order valence-corrected chi connectivity index (χ1v) is 7.05. The Bertz CT molecular complexity index is 588. The van der Waals surface area contributed by atoms with Crippen LogP contribution < -0.4 is 0 Å². The van der Waals surface area contributed by atoms with Gasteiger partial charge in [0.05, 0.1) is 6.20 Å². The standard InChI is InChI=1S/C17H22N2O/c1-5-19-12-13(11-18-19)10-16(20)14-6-8-15(9-7-14)17(2,3)4/h6-9,11-12H,5,10H2,1-4H3. The van der Waals surface area contributed by atoms with Gasteiger partial charge in [-0.3, -0.25) is 9.48 Å². The lowest BCUT2D eigenvalue weighted by Crippen LogP contribution is -2.11. The Morgan fingerprint density at radius 1 is 1.20 bits per heavy atom. The number of rotatable bonds is 4. The maximum atomic E-state index is 12.2. The second kappa shape index (κ2) is 5.61. The van der Waals surface area contributed by atoms with Crippen molar-refractivity contribution in [3.05, 3.63) is 53.3 Å². The highest BCUT2D eigenvalue weighted by molar-refractivity contribution is 5.97. The molecule has 1 aromatic heterocycles. The van der Waals surface area contributed by atoms with Crippen LogP contribution in [0.1, 0.15) is 49.2 Å². The molecule has 0 unspecified atom stereocenters. The number of aryl methyl sites for hydroxylation is 1. The maximum Gasteiger partial charge on any atom is 0.167 e. The van der Waals surface area contributed by atoms with Crippen molar-refractivity contribution in [2.75, 3.05) is 0 Å². The summed E-state index contributed by atoms with van der Waals surface area (Å²) in [5, 5.41) is 4.19. The van der Waals surface area contributed by atoms with Gasteiger partial charge in [-0.25, -0.2) is 0 Å². The quantitative estimate of drug-likeness (QED) is 0.795. The van der Waals surface area contributed by atoms with Gasteiger partial charge in [-0.1, -0.05) is 45.0 Å². The fourth-order valence-electron chi connectivity index (χ4n) is 2.11. The molecule has 0 N–H and O–H groups in total. The summed E-state index contributed by atoms with van der Waals surface area (Å²) in [5.74, 6) is 0.140. The predicted octanol–water partition coefficient (Wildman–Crippen LogP) is 3.63. The molecular formula is C17H22N2O. The molecule has 0 saturated heterocycles. The lowest BCUT2D eigenvalue weighted by molar-refractivity contribution is 0.0993. The van der Waals surface area contributed by atoms with Gasteiger partial charge in [0.1, 0.15) is 0 Å². The third-order valence-corrected chi connectivity index (χ3v) is 3.45. The van der Waals surface area contributed by atoms with Gasteiger partial charge in [-0.2, -0.15) is 5.10 Å². The van der Waals surface area contributed by atoms with E-state index in [1.807, 2.05) is 42.1 Å². The average Bonchev–Trinajstić information content (AvgIpc) is 2.85. The first-order valence-electron chi connectivity index (χ1n) is 7.05. The minimum Gasteiger partial charge on any atom is -0.294 e. The fourth-order valence-corrected chi connectivity index (χ4v) is 2.11. The third-order valence-electron chi connectivity index (χ3n) is 3.45. The summed E-state index contributed by atoms with van der Waals surface area (Å²) in [6, 6.07) is 7.94. The number of hydrogen-bond acceptors (Lipinski definition) is 2. The molecule has 0 radical (unpaired) electrons. The van der Waals surface area contributed by atoms with E-state index in [4.69, 9.17) is 0 Å². The molecule has 3 nitrogen and oxygen atoms in total. The molecule has 0 bridgehead atoms. The van der Waals surface area contributed by atoms with E-state index in [-0.39, 0.29) is 11.2 Å². The summed E-state index contributed by atoms with van der Waals surface area (Å²) < 4.78 is 1.84. The molecule has 0 atom stereocenters. The second-order valence-corrected chi connectivity index (χ2v) is 6.13. The van der Waals surface area contributed by atoms with Crippen LogP contribution in [0.3, 0.4) is 0 Å².